The predicted octanol–water partition coefficient (Wildman–Crippen LogP) is 3.60. The maximum atomic E-state index is 12.5. The largest absolute Gasteiger partial charge is 0.433 e. The molecule has 1 saturated carbocycles. The summed E-state index contributed by atoms with van der Waals surface area (Å²) in [5.74, 6) is 0.315. The molecule has 2 atom stereocenters. The van der Waals surface area contributed by atoms with Crippen molar-refractivity contribution in [1.82, 2.24) is 9.71 Å². The van der Waals surface area contributed by atoms with Gasteiger partial charge in [-0.2, -0.15) is 13.2 Å². The SMILES string of the molecule is CC(C)(C)[S@@](=O)N[C@@H](c1ccc(C(F)(F)F)nc1)C1CC1. The van der Waals surface area contributed by atoms with Gasteiger partial charge in [-0.15, -0.1) is 0 Å². The summed E-state index contributed by atoms with van der Waals surface area (Å²) in [6.07, 6.45) is -1.23. The van der Waals surface area contributed by atoms with E-state index in [4.69, 9.17) is 0 Å². The Labute approximate surface area is 124 Å². The molecule has 0 amide bonds. The first-order valence-electron chi connectivity index (χ1n) is 6.80. The molecule has 1 aliphatic rings. The fourth-order valence-corrected chi connectivity index (χ4v) is 2.83. The molecular formula is C14H19F3N2OS. The number of hydrogen-bond acceptors (Lipinski definition) is 2. The van der Waals surface area contributed by atoms with Crippen molar-refractivity contribution in [2.75, 3.05) is 0 Å². The maximum absolute atomic E-state index is 12.5. The Hall–Kier alpha value is -0.950. The fraction of sp³-hybridized carbons (Fsp3) is 0.643. The lowest BCUT2D eigenvalue weighted by Gasteiger charge is -2.24. The van der Waals surface area contributed by atoms with Crippen LogP contribution in [0.1, 0.15) is 50.9 Å². The topological polar surface area (TPSA) is 42.0 Å². The quantitative estimate of drug-likeness (QED) is 0.921. The van der Waals surface area contributed by atoms with Crippen LogP contribution in [0.5, 0.6) is 0 Å². The molecule has 0 aromatic carbocycles. The van der Waals surface area contributed by atoms with Gasteiger partial charge in [-0.05, 0) is 51.2 Å². The van der Waals surface area contributed by atoms with E-state index in [1.165, 1.54) is 12.3 Å². The van der Waals surface area contributed by atoms with Crippen LogP contribution in [0.4, 0.5) is 13.2 Å². The van der Waals surface area contributed by atoms with Crippen molar-refractivity contribution >= 4 is 11.0 Å². The zero-order valence-electron chi connectivity index (χ0n) is 12.2. The van der Waals surface area contributed by atoms with Crippen LogP contribution in [0.3, 0.4) is 0 Å². The molecule has 1 aromatic rings. The number of halogens is 3. The second kappa shape index (κ2) is 5.68. The van der Waals surface area contributed by atoms with Crippen molar-refractivity contribution in [3.8, 4) is 0 Å². The van der Waals surface area contributed by atoms with Gasteiger partial charge in [0.2, 0.25) is 0 Å². The highest BCUT2D eigenvalue weighted by Gasteiger charge is 2.37. The lowest BCUT2D eigenvalue weighted by molar-refractivity contribution is -0.141. The molecule has 7 heteroatoms. The molecule has 0 unspecified atom stereocenters. The minimum absolute atomic E-state index is 0.208. The van der Waals surface area contributed by atoms with Gasteiger partial charge in [0.1, 0.15) is 5.69 Å². The summed E-state index contributed by atoms with van der Waals surface area (Å²) in [6.45, 7) is 5.56. The zero-order chi connectivity index (χ0) is 15.8. The van der Waals surface area contributed by atoms with E-state index in [9.17, 15) is 17.4 Å². The van der Waals surface area contributed by atoms with Crippen molar-refractivity contribution in [3.05, 3.63) is 29.6 Å². The van der Waals surface area contributed by atoms with Crippen LogP contribution in [-0.4, -0.2) is 13.9 Å². The first-order valence-corrected chi connectivity index (χ1v) is 7.95. The van der Waals surface area contributed by atoms with Crippen LogP contribution < -0.4 is 4.72 Å². The van der Waals surface area contributed by atoms with E-state index >= 15 is 0 Å². The van der Waals surface area contributed by atoms with Crippen LogP contribution in [0.2, 0.25) is 0 Å². The molecule has 1 heterocycles. The molecule has 1 aromatic heterocycles. The van der Waals surface area contributed by atoms with E-state index in [0.29, 0.717) is 11.5 Å². The average Bonchev–Trinajstić information content (AvgIpc) is 3.17. The molecule has 0 spiro atoms. The molecule has 1 N–H and O–H groups in total. The molecule has 1 fully saturated rings. The Morgan fingerprint density at radius 1 is 1.29 bits per heavy atom. The number of pyridine rings is 1. The Kier molecular flexibility index (Phi) is 4.44. The van der Waals surface area contributed by atoms with E-state index in [0.717, 1.165) is 18.9 Å². The minimum Gasteiger partial charge on any atom is -0.251 e. The van der Waals surface area contributed by atoms with Crippen molar-refractivity contribution < 1.29 is 17.4 Å². The lowest BCUT2D eigenvalue weighted by Crippen LogP contribution is -2.36. The second-order valence-corrected chi connectivity index (χ2v) is 8.29. The van der Waals surface area contributed by atoms with Crippen LogP contribution in [0, 0.1) is 5.92 Å². The average molecular weight is 320 g/mol. The van der Waals surface area contributed by atoms with Gasteiger partial charge in [0.25, 0.3) is 0 Å². The molecule has 21 heavy (non-hydrogen) atoms. The molecule has 1 aliphatic carbocycles. The van der Waals surface area contributed by atoms with Crippen LogP contribution in [0.15, 0.2) is 18.3 Å². The van der Waals surface area contributed by atoms with Gasteiger partial charge < -0.3 is 0 Å². The number of rotatable bonds is 4. The van der Waals surface area contributed by atoms with Gasteiger partial charge >= 0.3 is 6.18 Å². The third kappa shape index (κ3) is 4.26. The Morgan fingerprint density at radius 3 is 2.29 bits per heavy atom. The van der Waals surface area contributed by atoms with E-state index < -0.39 is 27.6 Å². The third-order valence-electron chi connectivity index (χ3n) is 3.32. The first kappa shape index (κ1) is 16.4. The van der Waals surface area contributed by atoms with Crippen molar-refractivity contribution in [3.63, 3.8) is 0 Å². The summed E-state index contributed by atoms with van der Waals surface area (Å²) in [5.41, 5.74) is -0.249. The number of hydrogen-bond donors (Lipinski definition) is 1. The van der Waals surface area contributed by atoms with Gasteiger partial charge in [0.05, 0.1) is 15.7 Å². The summed E-state index contributed by atoms with van der Waals surface area (Å²) in [5, 5.41) is 0. The molecule has 2 rings (SSSR count). The molecule has 118 valence electrons. The summed E-state index contributed by atoms with van der Waals surface area (Å²) in [4.78, 5) is 3.49. The zero-order valence-corrected chi connectivity index (χ0v) is 13.0. The highest BCUT2D eigenvalue weighted by molar-refractivity contribution is 7.84. The molecular weight excluding hydrogens is 301 g/mol. The van der Waals surface area contributed by atoms with Crippen molar-refractivity contribution in [2.24, 2.45) is 5.92 Å². The molecule has 0 radical (unpaired) electrons. The minimum atomic E-state index is -4.44. The van der Waals surface area contributed by atoms with Gasteiger partial charge in [-0.3, -0.25) is 4.98 Å². The predicted molar refractivity (Wildman–Crippen MR) is 75.7 cm³/mol. The highest BCUT2D eigenvalue weighted by Crippen LogP contribution is 2.41. The number of alkyl halides is 3. The fourth-order valence-electron chi connectivity index (χ4n) is 1.92. The third-order valence-corrected chi connectivity index (χ3v) is 4.90. The van der Waals surface area contributed by atoms with Crippen LogP contribution in [-0.2, 0) is 17.2 Å². The highest BCUT2D eigenvalue weighted by atomic mass is 32.2. The normalized spacial score (nSPS) is 19.3. The summed E-state index contributed by atoms with van der Waals surface area (Å²) >= 11 is 0. The molecule has 3 nitrogen and oxygen atoms in total. The summed E-state index contributed by atoms with van der Waals surface area (Å²) in [7, 11) is -1.27. The van der Waals surface area contributed by atoms with E-state index in [-0.39, 0.29) is 6.04 Å². The van der Waals surface area contributed by atoms with Crippen molar-refractivity contribution in [2.45, 2.75) is 50.6 Å². The van der Waals surface area contributed by atoms with Gasteiger partial charge in [-0.1, -0.05) is 6.07 Å². The van der Waals surface area contributed by atoms with E-state index in [1.807, 2.05) is 20.8 Å². The first-order chi connectivity index (χ1) is 9.59. The number of nitrogens with one attached hydrogen (secondary N) is 1. The van der Waals surface area contributed by atoms with Gasteiger partial charge in [0.15, 0.2) is 0 Å². The number of nitrogens with zero attached hydrogens (tertiary/aromatic N) is 1. The van der Waals surface area contributed by atoms with Crippen LogP contribution in [0.25, 0.3) is 0 Å². The Morgan fingerprint density at radius 2 is 1.90 bits per heavy atom. The molecule has 0 bridgehead atoms. The monoisotopic (exact) mass is 320 g/mol. The summed E-state index contributed by atoms with van der Waals surface area (Å²) < 4.78 is 52.4. The second-order valence-electron chi connectivity index (χ2n) is 6.29. The Balaban J connectivity index is 2.18. The Bertz CT molecular complexity index is 519. The smallest absolute Gasteiger partial charge is 0.251 e. The lowest BCUT2D eigenvalue weighted by atomic mass is 10.1. The van der Waals surface area contributed by atoms with Crippen molar-refractivity contribution in [1.29, 1.82) is 0 Å². The van der Waals surface area contributed by atoms with E-state index in [1.54, 1.807) is 0 Å². The van der Waals surface area contributed by atoms with E-state index in [2.05, 4.69) is 9.71 Å². The molecule has 0 aliphatic heterocycles. The molecule has 0 saturated heterocycles. The summed E-state index contributed by atoms with van der Waals surface area (Å²) in [6, 6.07) is 2.19. The van der Waals surface area contributed by atoms with Gasteiger partial charge in [0, 0.05) is 12.2 Å². The van der Waals surface area contributed by atoms with Crippen LogP contribution >= 0.6 is 0 Å². The standard InChI is InChI=1S/C14H19F3N2OS/c1-13(2,3)21(20)19-12(9-4-5-9)10-6-7-11(18-8-10)14(15,16)17/h6-9,12,19H,4-5H2,1-3H3/t12-,21-/m1/s1. The van der Waals surface area contributed by atoms with Gasteiger partial charge in [-0.25, -0.2) is 8.93 Å². The number of aromatic nitrogens is 1. The maximum Gasteiger partial charge on any atom is 0.433 e.